The van der Waals surface area contributed by atoms with Gasteiger partial charge in [0.25, 0.3) is 0 Å². The first kappa shape index (κ1) is 23.4. The van der Waals surface area contributed by atoms with E-state index in [1.807, 2.05) is 24.3 Å². The first-order valence-corrected chi connectivity index (χ1v) is 11.5. The van der Waals surface area contributed by atoms with Gasteiger partial charge in [0.2, 0.25) is 5.91 Å². The first-order chi connectivity index (χ1) is 16.5. The molecule has 0 aliphatic heterocycles. The number of nitrogens with one attached hydrogen (secondary N) is 2. The number of benzene rings is 2. The number of amides is 2. The molecule has 2 aliphatic carbocycles. The molecule has 0 saturated heterocycles. The highest BCUT2D eigenvalue weighted by Crippen LogP contribution is 2.44. The van der Waals surface area contributed by atoms with E-state index in [2.05, 4.69) is 40.8 Å². The zero-order valence-corrected chi connectivity index (χ0v) is 18.8. The number of ether oxygens (including phenoxy) is 1. The molecule has 0 radical (unpaired) electrons. The fourth-order valence-electron chi connectivity index (χ4n) is 5.07. The highest BCUT2D eigenvalue weighted by Gasteiger charge is 2.33. The summed E-state index contributed by atoms with van der Waals surface area (Å²) in [5.74, 6) is 0.618. The topological polar surface area (TPSA) is 105 Å². The highest BCUT2D eigenvalue weighted by molar-refractivity contribution is 5.84. The molecular weight excluding hydrogens is 432 g/mol. The molecule has 3 atom stereocenters. The van der Waals surface area contributed by atoms with Crippen LogP contribution in [0.1, 0.15) is 49.1 Å². The van der Waals surface area contributed by atoms with Gasteiger partial charge in [0.1, 0.15) is 12.6 Å². The minimum Gasteiger partial charge on any atom is -0.480 e. The second-order valence-corrected chi connectivity index (χ2v) is 8.84. The Labute approximate surface area is 198 Å². The average Bonchev–Trinajstić information content (AvgIpc) is 3.39. The second-order valence-electron chi connectivity index (χ2n) is 8.84. The largest absolute Gasteiger partial charge is 0.480 e. The first-order valence-electron chi connectivity index (χ1n) is 11.5. The third-order valence-electron chi connectivity index (χ3n) is 6.71. The van der Waals surface area contributed by atoms with Crippen molar-refractivity contribution in [1.29, 1.82) is 0 Å². The maximum absolute atomic E-state index is 12.6. The molecule has 4 rings (SSSR count). The standard InChI is InChI=1S/C27H28N2O5/c1-2-8-24(26(31)32)28-25(30)15-17-9-7-14-23(17)29-27(33)34-16-22-20-12-5-3-10-18(20)19-11-4-6-13-21(19)22/h1,3-6,10-13,17,22-24H,7-9,14-16H2,(H,28,30)(H,29,33)(H,31,32). The fourth-order valence-corrected chi connectivity index (χ4v) is 5.07. The molecule has 7 nitrogen and oxygen atoms in total. The highest BCUT2D eigenvalue weighted by atomic mass is 16.5. The van der Waals surface area contributed by atoms with Crippen LogP contribution in [0, 0.1) is 18.3 Å². The van der Waals surface area contributed by atoms with E-state index in [1.165, 1.54) is 11.1 Å². The minimum atomic E-state index is -1.16. The third-order valence-corrected chi connectivity index (χ3v) is 6.71. The molecule has 3 unspecified atom stereocenters. The van der Waals surface area contributed by atoms with E-state index in [0.29, 0.717) is 0 Å². The Morgan fingerprint density at radius 2 is 1.71 bits per heavy atom. The maximum Gasteiger partial charge on any atom is 0.407 e. The van der Waals surface area contributed by atoms with Crippen molar-refractivity contribution in [2.24, 2.45) is 5.92 Å². The summed E-state index contributed by atoms with van der Waals surface area (Å²) in [6.07, 6.45) is 7.12. The molecular formula is C27H28N2O5. The van der Waals surface area contributed by atoms with E-state index in [-0.39, 0.29) is 43.2 Å². The summed E-state index contributed by atoms with van der Waals surface area (Å²) >= 11 is 0. The van der Waals surface area contributed by atoms with Crippen LogP contribution in [0.3, 0.4) is 0 Å². The lowest BCUT2D eigenvalue weighted by atomic mass is 9.98. The van der Waals surface area contributed by atoms with E-state index >= 15 is 0 Å². The van der Waals surface area contributed by atoms with Crippen LogP contribution >= 0.6 is 0 Å². The summed E-state index contributed by atoms with van der Waals surface area (Å²) in [5, 5.41) is 14.6. The predicted molar refractivity (Wildman–Crippen MR) is 127 cm³/mol. The molecule has 0 heterocycles. The molecule has 2 aromatic carbocycles. The fraction of sp³-hybridized carbons (Fsp3) is 0.370. The number of alkyl carbamates (subject to hydrolysis) is 1. The number of carboxylic acid groups (broad SMARTS) is 1. The van der Waals surface area contributed by atoms with Gasteiger partial charge < -0.3 is 20.5 Å². The molecule has 3 N–H and O–H groups in total. The van der Waals surface area contributed by atoms with E-state index in [1.54, 1.807) is 0 Å². The number of rotatable bonds is 8. The van der Waals surface area contributed by atoms with Crippen LogP contribution in [0.2, 0.25) is 0 Å². The summed E-state index contributed by atoms with van der Waals surface area (Å²) < 4.78 is 5.63. The van der Waals surface area contributed by atoms with Gasteiger partial charge in [-0.25, -0.2) is 9.59 Å². The number of fused-ring (bicyclic) bond motifs is 3. The number of terminal acetylenes is 1. The Kier molecular flexibility index (Phi) is 7.17. The molecule has 0 aromatic heterocycles. The van der Waals surface area contributed by atoms with Crippen molar-refractivity contribution < 1.29 is 24.2 Å². The zero-order chi connectivity index (χ0) is 24.1. The van der Waals surface area contributed by atoms with E-state index in [4.69, 9.17) is 11.2 Å². The molecule has 0 spiro atoms. The van der Waals surface area contributed by atoms with Crippen LogP contribution in [0.25, 0.3) is 11.1 Å². The van der Waals surface area contributed by atoms with Gasteiger partial charge in [-0.05, 0) is 41.0 Å². The quantitative estimate of drug-likeness (QED) is 0.522. The van der Waals surface area contributed by atoms with Crippen molar-refractivity contribution in [2.45, 2.75) is 50.1 Å². The lowest BCUT2D eigenvalue weighted by molar-refractivity contribution is -0.141. The predicted octanol–water partition coefficient (Wildman–Crippen LogP) is 3.68. The molecule has 1 fully saturated rings. The molecule has 1 saturated carbocycles. The van der Waals surface area contributed by atoms with E-state index in [9.17, 15) is 19.5 Å². The van der Waals surface area contributed by atoms with Crippen molar-refractivity contribution in [2.75, 3.05) is 6.61 Å². The molecule has 34 heavy (non-hydrogen) atoms. The Bertz CT molecular complexity index is 1080. The zero-order valence-electron chi connectivity index (χ0n) is 18.8. The molecule has 2 aromatic rings. The number of carbonyl (C=O) groups is 3. The van der Waals surface area contributed by atoms with Gasteiger partial charge in [-0.1, -0.05) is 55.0 Å². The van der Waals surface area contributed by atoms with Crippen LogP contribution in [0.4, 0.5) is 4.79 Å². The monoisotopic (exact) mass is 460 g/mol. The van der Waals surface area contributed by atoms with Crippen molar-refractivity contribution in [3.63, 3.8) is 0 Å². The summed E-state index contributed by atoms with van der Waals surface area (Å²) in [6, 6.07) is 15.0. The van der Waals surface area contributed by atoms with E-state index < -0.39 is 18.1 Å². The van der Waals surface area contributed by atoms with Gasteiger partial charge in [-0.15, -0.1) is 12.3 Å². The average molecular weight is 461 g/mol. The molecule has 2 amide bonds. The van der Waals surface area contributed by atoms with Crippen LogP contribution in [-0.4, -0.2) is 41.8 Å². The Balaban J connectivity index is 1.32. The summed E-state index contributed by atoms with van der Waals surface area (Å²) in [5.41, 5.74) is 4.62. The van der Waals surface area contributed by atoms with Gasteiger partial charge in [0.15, 0.2) is 0 Å². The molecule has 0 bridgehead atoms. The Hall–Kier alpha value is -3.79. The number of carbonyl (C=O) groups excluding carboxylic acids is 2. The second kappa shape index (κ2) is 10.4. The van der Waals surface area contributed by atoms with Gasteiger partial charge in [-0.2, -0.15) is 0 Å². The summed E-state index contributed by atoms with van der Waals surface area (Å²) in [6.45, 7) is 0.226. The van der Waals surface area contributed by atoms with Crippen LogP contribution in [-0.2, 0) is 14.3 Å². The van der Waals surface area contributed by atoms with E-state index in [0.717, 1.165) is 30.4 Å². The summed E-state index contributed by atoms with van der Waals surface area (Å²) in [7, 11) is 0. The number of aliphatic carboxylic acids is 1. The van der Waals surface area contributed by atoms with Crippen LogP contribution in [0.5, 0.6) is 0 Å². The minimum absolute atomic E-state index is 0.0209. The Morgan fingerprint density at radius 3 is 2.32 bits per heavy atom. The van der Waals surface area contributed by atoms with Gasteiger partial charge in [0, 0.05) is 24.8 Å². The SMILES string of the molecule is C#CCC(NC(=O)CC1CCCC1NC(=O)OCC1c2ccccc2-c2ccccc21)C(=O)O. The third kappa shape index (κ3) is 5.07. The summed E-state index contributed by atoms with van der Waals surface area (Å²) in [4.78, 5) is 36.2. The van der Waals surface area contributed by atoms with Crippen molar-refractivity contribution in [1.82, 2.24) is 10.6 Å². The molecule has 176 valence electrons. The van der Waals surface area contributed by atoms with Gasteiger partial charge >= 0.3 is 12.1 Å². The molecule has 2 aliphatic rings. The lowest BCUT2D eigenvalue weighted by Gasteiger charge is -2.22. The Morgan fingerprint density at radius 1 is 1.06 bits per heavy atom. The number of hydrogen-bond donors (Lipinski definition) is 3. The number of hydrogen-bond acceptors (Lipinski definition) is 4. The van der Waals surface area contributed by atoms with Crippen LogP contribution < -0.4 is 10.6 Å². The normalized spacial score (nSPS) is 19.4. The maximum atomic E-state index is 12.6. The number of carboxylic acids is 1. The van der Waals surface area contributed by atoms with Crippen molar-refractivity contribution >= 4 is 18.0 Å². The van der Waals surface area contributed by atoms with Crippen LogP contribution in [0.15, 0.2) is 48.5 Å². The smallest absolute Gasteiger partial charge is 0.407 e. The van der Waals surface area contributed by atoms with Gasteiger partial charge in [-0.3, -0.25) is 4.79 Å². The van der Waals surface area contributed by atoms with Gasteiger partial charge in [0.05, 0.1) is 0 Å². The van der Waals surface area contributed by atoms with Crippen molar-refractivity contribution in [3.05, 3.63) is 59.7 Å². The molecule has 7 heteroatoms. The lowest BCUT2D eigenvalue weighted by Crippen LogP contribution is -2.43. The van der Waals surface area contributed by atoms with Crippen molar-refractivity contribution in [3.8, 4) is 23.5 Å².